The lowest BCUT2D eigenvalue weighted by atomic mass is 9.89. The van der Waals surface area contributed by atoms with E-state index >= 15 is 0 Å². The van der Waals surface area contributed by atoms with Gasteiger partial charge in [0, 0.05) is 13.0 Å². The van der Waals surface area contributed by atoms with E-state index in [2.05, 4.69) is 13.5 Å². The first kappa shape index (κ1) is 14.7. The molecule has 3 nitrogen and oxygen atoms in total. The van der Waals surface area contributed by atoms with E-state index in [1.807, 2.05) is 6.92 Å². The molecule has 0 amide bonds. The van der Waals surface area contributed by atoms with Gasteiger partial charge in [0.1, 0.15) is 0 Å². The Labute approximate surface area is 105 Å². The standard InChI is InChI=1S/C14H26O3/c1-4-14(8-6-5-7-10-15)9-11-16-13(17-14)12(2)3/h13,15H,2,4-11H2,1,3H3. The summed E-state index contributed by atoms with van der Waals surface area (Å²) in [5.74, 6) is 0. The maximum Gasteiger partial charge on any atom is 0.179 e. The molecule has 0 bridgehead atoms. The average Bonchev–Trinajstić information content (AvgIpc) is 2.35. The van der Waals surface area contributed by atoms with E-state index in [0.29, 0.717) is 0 Å². The molecule has 1 rings (SSSR count). The highest BCUT2D eigenvalue weighted by Gasteiger charge is 2.36. The number of unbranched alkanes of at least 4 members (excludes halogenated alkanes) is 2. The van der Waals surface area contributed by atoms with Crippen molar-refractivity contribution in [1.29, 1.82) is 0 Å². The molecule has 1 saturated heterocycles. The van der Waals surface area contributed by atoms with Crippen molar-refractivity contribution in [3.63, 3.8) is 0 Å². The van der Waals surface area contributed by atoms with Crippen LogP contribution in [0.3, 0.4) is 0 Å². The molecule has 0 radical (unpaired) electrons. The molecule has 2 unspecified atom stereocenters. The van der Waals surface area contributed by atoms with E-state index in [9.17, 15) is 0 Å². The van der Waals surface area contributed by atoms with Gasteiger partial charge in [0.15, 0.2) is 6.29 Å². The number of aliphatic hydroxyl groups is 1. The molecule has 1 heterocycles. The summed E-state index contributed by atoms with van der Waals surface area (Å²) >= 11 is 0. The van der Waals surface area contributed by atoms with Crippen LogP contribution in [0.5, 0.6) is 0 Å². The van der Waals surface area contributed by atoms with E-state index in [4.69, 9.17) is 14.6 Å². The van der Waals surface area contributed by atoms with Crippen molar-refractivity contribution >= 4 is 0 Å². The molecule has 2 atom stereocenters. The molecule has 17 heavy (non-hydrogen) atoms. The molecule has 0 aliphatic carbocycles. The van der Waals surface area contributed by atoms with Crippen molar-refractivity contribution in [3.8, 4) is 0 Å². The van der Waals surface area contributed by atoms with E-state index in [1.54, 1.807) is 0 Å². The minimum absolute atomic E-state index is 0.0443. The van der Waals surface area contributed by atoms with Crippen LogP contribution in [0.4, 0.5) is 0 Å². The Kier molecular flexibility index (Phi) is 6.17. The highest BCUT2D eigenvalue weighted by atomic mass is 16.7. The average molecular weight is 242 g/mol. The Bertz CT molecular complexity index is 240. The summed E-state index contributed by atoms with van der Waals surface area (Å²) in [5.41, 5.74) is 0.898. The van der Waals surface area contributed by atoms with Crippen LogP contribution in [-0.4, -0.2) is 30.2 Å². The summed E-state index contributed by atoms with van der Waals surface area (Å²) in [6.07, 6.45) is 5.86. The van der Waals surface area contributed by atoms with Crippen LogP contribution in [0.1, 0.15) is 52.4 Å². The first-order valence-corrected chi connectivity index (χ1v) is 6.69. The summed E-state index contributed by atoms with van der Waals surface area (Å²) < 4.78 is 11.6. The lowest BCUT2D eigenvalue weighted by Gasteiger charge is -2.41. The van der Waals surface area contributed by atoms with E-state index in [0.717, 1.165) is 50.7 Å². The normalized spacial score (nSPS) is 29.2. The van der Waals surface area contributed by atoms with Crippen LogP contribution in [0, 0.1) is 0 Å². The van der Waals surface area contributed by atoms with Gasteiger partial charge in [-0.25, -0.2) is 0 Å². The van der Waals surface area contributed by atoms with E-state index < -0.39 is 0 Å². The fourth-order valence-electron chi connectivity index (χ4n) is 2.27. The molecular weight excluding hydrogens is 216 g/mol. The quantitative estimate of drug-likeness (QED) is 0.551. The Balaban J connectivity index is 2.46. The van der Waals surface area contributed by atoms with Gasteiger partial charge in [-0.3, -0.25) is 0 Å². The Hall–Kier alpha value is -0.380. The van der Waals surface area contributed by atoms with Gasteiger partial charge < -0.3 is 14.6 Å². The van der Waals surface area contributed by atoms with Crippen LogP contribution in [0.2, 0.25) is 0 Å². The molecule has 100 valence electrons. The second-order valence-electron chi connectivity index (χ2n) is 4.99. The fourth-order valence-corrected chi connectivity index (χ4v) is 2.27. The number of hydrogen-bond acceptors (Lipinski definition) is 3. The lowest BCUT2D eigenvalue weighted by Crippen LogP contribution is -2.43. The third-order valence-corrected chi connectivity index (χ3v) is 3.52. The molecule has 0 spiro atoms. The molecule has 1 fully saturated rings. The van der Waals surface area contributed by atoms with Gasteiger partial charge in [-0.1, -0.05) is 26.3 Å². The topological polar surface area (TPSA) is 38.7 Å². The number of rotatable bonds is 7. The summed E-state index contributed by atoms with van der Waals surface area (Å²) in [7, 11) is 0. The Morgan fingerprint density at radius 3 is 2.76 bits per heavy atom. The third-order valence-electron chi connectivity index (χ3n) is 3.52. The summed E-state index contributed by atoms with van der Waals surface area (Å²) in [5, 5.41) is 8.78. The van der Waals surface area contributed by atoms with Gasteiger partial charge in [0.05, 0.1) is 12.2 Å². The molecule has 3 heteroatoms. The van der Waals surface area contributed by atoms with Crippen molar-refractivity contribution in [2.45, 2.75) is 64.3 Å². The third kappa shape index (κ3) is 4.41. The minimum Gasteiger partial charge on any atom is -0.396 e. The maximum atomic E-state index is 8.78. The van der Waals surface area contributed by atoms with Crippen molar-refractivity contribution in [2.75, 3.05) is 13.2 Å². The minimum atomic E-state index is -0.235. The Morgan fingerprint density at radius 2 is 2.18 bits per heavy atom. The van der Waals surface area contributed by atoms with Crippen molar-refractivity contribution in [3.05, 3.63) is 12.2 Å². The first-order chi connectivity index (χ1) is 8.13. The summed E-state index contributed by atoms with van der Waals surface area (Å²) in [4.78, 5) is 0. The van der Waals surface area contributed by atoms with E-state index in [1.165, 1.54) is 0 Å². The molecular formula is C14H26O3. The van der Waals surface area contributed by atoms with Crippen LogP contribution < -0.4 is 0 Å². The highest BCUT2D eigenvalue weighted by molar-refractivity contribution is 4.97. The SMILES string of the molecule is C=C(C)C1OCCC(CC)(CCCCCO)O1. The van der Waals surface area contributed by atoms with Gasteiger partial charge in [-0.05, 0) is 31.8 Å². The second kappa shape index (κ2) is 7.14. The molecule has 1 aliphatic heterocycles. The van der Waals surface area contributed by atoms with Crippen molar-refractivity contribution in [2.24, 2.45) is 0 Å². The van der Waals surface area contributed by atoms with Gasteiger partial charge in [-0.2, -0.15) is 0 Å². The smallest absolute Gasteiger partial charge is 0.179 e. The van der Waals surface area contributed by atoms with Gasteiger partial charge in [0.25, 0.3) is 0 Å². The van der Waals surface area contributed by atoms with Crippen LogP contribution in [0.15, 0.2) is 12.2 Å². The number of ether oxygens (including phenoxy) is 2. The molecule has 0 aromatic heterocycles. The molecule has 1 aliphatic rings. The zero-order chi connectivity index (χ0) is 12.7. The summed E-state index contributed by atoms with van der Waals surface area (Å²) in [6.45, 7) is 9.07. The zero-order valence-electron chi connectivity index (χ0n) is 11.2. The largest absolute Gasteiger partial charge is 0.396 e. The second-order valence-corrected chi connectivity index (χ2v) is 4.99. The van der Waals surface area contributed by atoms with Crippen LogP contribution in [-0.2, 0) is 9.47 Å². The van der Waals surface area contributed by atoms with E-state index in [-0.39, 0.29) is 18.5 Å². The van der Waals surface area contributed by atoms with Crippen molar-refractivity contribution in [1.82, 2.24) is 0 Å². The predicted molar refractivity (Wildman–Crippen MR) is 68.8 cm³/mol. The monoisotopic (exact) mass is 242 g/mol. The highest BCUT2D eigenvalue weighted by Crippen LogP contribution is 2.34. The van der Waals surface area contributed by atoms with Gasteiger partial charge in [-0.15, -0.1) is 0 Å². The van der Waals surface area contributed by atoms with Crippen molar-refractivity contribution < 1.29 is 14.6 Å². The molecule has 0 aromatic rings. The van der Waals surface area contributed by atoms with Gasteiger partial charge >= 0.3 is 0 Å². The molecule has 0 saturated carbocycles. The predicted octanol–water partition coefficient (Wildman–Crippen LogP) is 3.03. The van der Waals surface area contributed by atoms with Crippen LogP contribution >= 0.6 is 0 Å². The number of hydrogen-bond donors (Lipinski definition) is 1. The Morgan fingerprint density at radius 1 is 1.41 bits per heavy atom. The lowest BCUT2D eigenvalue weighted by molar-refractivity contribution is -0.243. The van der Waals surface area contributed by atoms with Crippen LogP contribution in [0.25, 0.3) is 0 Å². The first-order valence-electron chi connectivity index (χ1n) is 6.69. The number of aliphatic hydroxyl groups excluding tert-OH is 1. The molecule has 0 aromatic carbocycles. The maximum absolute atomic E-state index is 8.78. The zero-order valence-corrected chi connectivity index (χ0v) is 11.2. The summed E-state index contributed by atoms with van der Waals surface area (Å²) in [6, 6.07) is 0. The fraction of sp³-hybridized carbons (Fsp3) is 0.857. The molecule has 1 N–H and O–H groups in total. The van der Waals surface area contributed by atoms with Gasteiger partial charge in [0.2, 0.25) is 0 Å².